The molecule has 2 unspecified atom stereocenters. The Kier molecular flexibility index (Phi) is 5.21. The SMILES string of the molecule is CCc1nc2cc([N+](=O)[O-])ccc2n1C(CC(C)C(=O)O)c1ccccc1. The van der Waals surface area contributed by atoms with Crippen molar-refractivity contribution >= 4 is 22.7 Å². The Bertz CT molecular complexity index is 982. The van der Waals surface area contributed by atoms with Gasteiger partial charge in [0.05, 0.1) is 27.9 Å². The number of imidazole rings is 1. The molecule has 0 spiro atoms. The zero-order valence-electron chi connectivity index (χ0n) is 15.2. The number of hydrogen-bond donors (Lipinski definition) is 1. The number of carboxylic acids is 1. The summed E-state index contributed by atoms with van der Waals surface area (Å²) in [6.45, 7) is 3.66. The Hall–Kier alpha value is -3.22. The largest absolute Gasteiger partial charge is 0.481 e. The molecule has 7 nitrogen and oxygen atoms in total. The maximum atomic E-state index is 11.5. The molecule has 0 bridgehead atoms. The molecule has 0 saturated heterocycles. The molecule has 0 amide bonds. The van der Waals surface area contributed by atoms with Crippen LogP contribution in [0.4, 0.5) is 5.69 Å². The second kappa shape index (κ2) is 7.57. The van der Waals surface area contributed by atoms with Crippen LogP contribution in [0.1, 0.15) is 37.7 Å². The van der Waals surface area contributed by atoms with Gasteiger partial charge < -0.3 is 9.67 Å². The van der Waals surface area contributed by atoms with Crippen molar-refractivity contribution in [2.45, 2.75) is 32.7 Å². The first kappa shape index (κ1) is 18.6. The van der Waals surface area contributed by atoms with E-state index < -0.39 is 16.8 Å². The average molecular weight is 367 g/mol. The number of carbonyl (C=O) groups is 1. The fourth-order valence-electron chi connectivity index (χ4n) is 3.35. The van der Waals surface area contributed by atoms with E-state index >= 15 is 0 Å². The number of nitrogens with zero attached hydrogens (tertiary/aromatic N) is 3. The van der Waals surface area contributed by atoms with Gasteiger partial charge in [0.15, 0.2) is 0 Å². The standard InChI is InChI=1S/C20H21N3O4/c1-3-19-21-16-12-15(23(26)27)9-10-17(16)22(19)18(11-13(2)20(24)25)14-7-5-4-6-8-14/h4-10,12-13,18H,3,11H2,1-2H3,(H,24,25). The highest BCUT2D eigenvalue weighted by Gasteiger charge is 2.25. The molecule has 2 aromatic carbocycles. The van der Waals surface area contributed by atoms with Gasteiger partial charge in [-0.15, -0.1) is 0 Å². The number of rotatable bonds is 7. The predicted molar refractivity (Wildman–Crippen MR) is 102 cm³/mol. The van der Waals surface area contributed by atoms with Crippen molar-refractivity contribution in [3.8, 4) is 0 Å². The van der Waals surface area contributed by atoms with Gasteiger partial charge in [-0.2, -0.15) is 0 Å². The summed E-state index contributed by atoms with van der Waals surface area (Å²) < 4.78 is 2.02. The Morgan fingerprint density at radius 3 is 2.56 bits per heavy atom. The number of fused-ring (bicyclic) bond motifs is 1. The number of aliphatic carboxylic acids is 1. The van der Waals surface area contributed by atoms with E-state index in [0.29, 0.717) is 18.4 Å². The van der Waals surface area contributed by atoms with Gasteiger partial charge in [0, 0.05) is 18.6 Å². The number of hydrogen-bond acceptors (Lipinski definition) is 4. The van der Waals surface area contributed by atoms with Crippen LogP contribution in [0.15, 0.2) is 48.5 Å². The highest BCUT2D eigenvalue weighted by molar-refractivity contribution is 5.79. The van der Waals surface area contributed by atoms with Gasteiger partial charge in [0.1, 0.15) is 5.82 Å². The fourth-order valence-corrected chi connectivity index (χ4v) is 3.35. The molecule has 3 aromatic rings. The molecule has 7 heteroatoms. The number of carboxylic acid groups (broad SMARTS) is 1. The number of aromatic nitrogens is 2. The van der Waals surface area contributed by atoms with Crippen molar-refractivity contribution in [3.05, 3.63) is 70.0 Å². The van der Waals surface area contributed by atoms with Crippen LogP contribution in [-0.4, -0.2) is 25.6 Å². The van der Waals surface area contributed by atoms with Crippen LogP contribution in [0, 0.1) is 16.0 Å². The quantitative estimate of drug-likeness (QED) is 0.498. The lowest BCUT2D eigenvalue weighted by Crippen LogP contribution is -2.20. The summed E-state index contributed by atoms with van der Waals surface area (Å²) in [5.41, 5.74) is 2.29. The molecule has 1 heterocycles. The third-order valence-corrected chi connectivity index (χ3v) is 4.77. The summed E-state index contributed by atoms with van der Waals surface area (Å²) >= 11 is 0. The molecule has 0 aliphatic rings. The highest BCUT2D eigenvalue weighted by atomic mass is 16.6. The summed E-state index contributed by atoms with van der Waals surface area (Å²) in [5.74, 6) is -0.624. The van der Waals surface area contributed by atoms with E-state index in [2.05, 4.69) is 4.98 Å². The van der Waals surface area contributed by atoms with Crippen molar-refractivity contribution in [2.75, 3.05) is 0 Å². The van der Waals surface area contributed by atoms with Crippen LogP contribution in [0.3, 0.4) is 0 Å². The summed E-state index contributed by atoms with van der Waals surface area (Å²) in [7, 11) is 0. The topological polar surface area (TPSA) is 98.3 Å². The summed E-state index contributed by atoms with van der Waals surface area (Å²) in [5, 5.41) is 20.5. The Morgan fingerprint density at radius 1 is 1.26 bits per heavy atom. The molecular weight excluding hydrogens is 346 g/mol. The zero-order chi connectivity index (χ0) is 19.6. The zero-order valence-corrected chi connectivity index (χ0v) is 15.2. The third-order valence-electron chi connectivity index (χ3n) is 4.77. The van der Waals surface area contributed by atoms with Crippen molar-refractivity contribution in [3.63, 3.8) is 0 Å². The van der Waals surface area contributed by atoms with Crippen LogP contribution in [0.25, 0.3) is 11.0 Å². The van der Waals surface area contributed by atoms with Gasteiger partial charge in [-0.3, -0.25) is 14.9 Å². The second-order valence-corrected chi connectivity index (χ2v) is 6.58. The van der Waals surface area contributed by atoms with Gasteiger partial charge in [-0.1, -0.05) is 44.2 Å². The molecule has 2 atom stereocenters. The molecule has 1 N–H and O–H groups in total. The van der Waals surface area contributed by atoms with Crippen molar-refractivity contribution in [2.24, 2.45) is 5.92 Å². The highest BCUT2D eigenvalue weighted by Crippen LogP contribution is 2.32. The number of nitro benzene ring substituents is 1. The molecule has 0 radical (unpaired) electrons. The number of nitro groups is 1. The lowest BCUT2D eigenvalue weighted by molar-refractivity contribution is -0.384. The normalized spacial score (nSPS) is 13.4. The van der Waals surface area contributed by atoms with Gasteiger partial charge >= 0.3 is 5.97 Å². The summed E-state index contributed by atoms with van der Waals surface area (Å²) in [6.07, 6.45) is 1.03. The van der Waals surface area contributed by atoms with E-state index in [0.717, 1.165) is 16.9 Å². The minimum atomic E-state index is -0.853. The molecule has 0 saturated carbocycles. The van der Waals surface area contributed by atoms with Gasteiger partial charge in [-0.05, 0) is 18.1 Å². The minimum Gasteiger partial charge on any atom is -0.481 e. The number of aryl methyl sites for hydroxylation is 1. The first-order valence-electron chi connectivity index (χ1n) is 8.85. The molecule has 140 valence electrons. The molecule has 0 aliphatic carbocycles. The summed E-state index contributed by atoms with van der Waals surface area (Å²) in [4.78, 5) is 26.7. The van der Waals surface area contributed by atoms with Crippen molar-refractivity contribution in [1.29, 1.82) is 0 Å². The smallest absolute Gasteiger partial charge is 0.306 e. The van der Waals surface area contributed by atoms with Gasteiger partial charge in [0.2, 0.25) is 0 Å². The van der Waals surface area contributed by atoms with Crippen LogP contribution in [0.5, 0.6) is 0 Å². The van der Waals surface area contributed by atoms with E-state index in [1.807, 2.05) is 41.8 Å². The van der Waals surface area contributed by atoms with Gasteiger partial charge in [-0.25, -0.2) is 4.98 Å². The molecule has 1 aromatic heterocycles. The maximum Gasteiger partial charge on any atom is 0.306 e. The molecule has 0 fully saturated rings. The minimum absolute atomic E-state index is 0.00929. The van der Waals surface area contributed by atoms with Crippen LogP contribution < -0.4 is 0 Å². The Balaban J connectivity index is 2.19. The van der Waals surface area contributed by atoms with E-state index in [9.17, 15) is 20.0 Å². The second-order valence-electron chi connectivity index (χ2n) is 6.58. The van der Waals surface area contributed by atoms with Crippen molar-refractivity contribution in [1.82, 2.24) is 9.55 Å². The van der Waals surface area contributed by atoms with E-state index in [-0.39, 0.29) is 11.7 Å². The monoisotopic (exact) mass is 367 g/mol. The third kappa shape index (κ3) is 3.67. The molecule has 27 heavy (non-hydrogen) atoms. The number of benzene rings is 2. The van der Waals surface area contributed by atoms with Crippen molar-refractivity contribution < 1.29 is 14.8 Å². The lowest BCUT2D eigenvalue weighted by atomic mass is 9.95. The van der Waals surface area contributed by atoms with Crippen LogP contribution >= 0.6 is 0 Å². The Morgan fingerprint density at radius 2 is 1.96 bits per heavy atom. The molecule has 3 rings (SSSR count). The fraction of sp³-hybridized carbons (Fsp3) is 0.300. The first-order chi connectivity index (χ1) is 12.9. The van der Waals surface area contributed by atoms with Gasteiger partial charge in [0.25, 0.3) is 5.69 Å². The van der Waals surface area contributed by atoms with Crippen LogP contribution in [-0.2, 0) is 11.2 Å². The van der Waals surface area contributed by atoms with E-state index in [4.69, 9.17) is 0 Å². The predicted octanol–water partition coefficient (Wildman–Crippen LogP) is 4.21. The van der Waals surface area contributed by atoms with Crippen LogP contribution in [0.2, 0.25) is 0 Å². The van der Waals surface area contributed by atoms with E-state index in [1.165, 1.54) is 12.1 Å². The lowest BCUT2D eigenvalue weighted by Gasteiger charge is -2.24. The maximum absolute atomic E-state index is 11.5. The molecular formula is C20H21N3O4. The average Bonchev–Trinajstić information content (AvgIpc) is 3.03. The van der Waals surface area contributed by atoms with E-state index in [1.54, 1.807) is 13.0 Å². The Labute approximate surface area is 156 Å². The summed E-state index contributed by atoms with van der Waals surface area (Å²) in [6, 6.07) is 14.1. The first-order valence-corrected chi connectivity index (χ1v) is 8.85. The number of non-ortho nitro benzene ring substituents is 1. The molecule has 0 aliphatic heterocycles.